The van der Waals surface area contributed by atoms with Gasteiger partial charge in [-0.2, -0.15) is 5.10 Å². The standard InChI is InChI=1S/C30H40N4O6/c1-24-17-31-34(18-24)12-7-15-39-27-11-10-25(16-28(27)38-3)19-32-13-14-33(29(35)20-37-2)22-30(36,21-32)23-40-26-8-5-4-6-9-26/h4-6,8-11,16-18,36H,7,12-15,19-23H2,1-3H3/t30-/m1/s1. The van der Waals surface area contributed by atoms with Crippen molar-refractivity contribution in [3.05, 3.63) is 72.1 Å². The first kappa shape index (κ1) is 29.4. The Balaban J connectivity index is 1.40. The molecule has 4 rings (SSSR count). The highest BCUT2D eigenvalue weighted by Crippen LogP contribution is 2.29. The van der Waals surface area contributed by atoms with Gasteiger partial charge in [0.05, 0.1) is 26.5 Å². The number of β-amino-alcohol motifs (C(OH)–C–C–N with tert-alkyl or cyclic N) is 1. The molecule has 0 bridgehead atoms. The van der Waals surface area contributed by atoms with E-state index in [1.807, 2.05) is 72.5 Å². The van der Waals surface area contributed by atoms with Gasteiger partial charge in [-0.15, -0.1) is 0 Å². The molecule has 2 heterocycles. The molecule has 1 saturated heterocycles. The van der Waals surface area contributed by atoms with E-state index in [0.717, 1.165) is 24.1 Å². The summed E-state index contributed by atoms with van der Waals surface area (Å²) in [5.74, 6) is 1.85. The molecular weight excluding hydrogens is 512 g/mol. The largest absolute Gasteiger partial charge is 0.493 e. The minimum atomic E-state index is -1.27. The number of nitrogens with zero attached hydrogens (tertiary/aromatic N) is 4. The summed E-state index contributed by atoms with van der Waals surface area (Å²) in [6.07, 6.45) is 4.68. The van der Waals surface area contributed by atoms with Crippen LogP contribution in [0.5, 0.6) is 17.2 Å². The summed E-state index contributed by atoms with van der Waals surface area (Å²) < 4.78 is 24.5. The first-order chi connectivity index (χ1) is 19.4. The van der Waals surface area contributed by atoms with Gasteiger partial charge in [0.2, 0.25) is 5.91 Å². The zero-order chi connectivity index (χ0) is 28.4. The van der Waals surface area contributed by atoms with Crippen molar-refractivity contribution >= 4 is 5.91 Å². The fourth-order valence-corrected chi connectivity index (χ4v) is 4.82. The van der Waals surface area contributed by atoms with Crippen molar-refractivity contribution in [3.63, 3.8) is 0 Å². The van der Waals surface area contributed by atoms with E-state index in [4.69, 9.17) is 18.9 Å². The van der Waals surface area contributed by atoms with E-state index in [1.165, 1.54) is 7.11 Å². The minimum Gasteiger partial charge on any atom is -0.493 e. The molecule has 1 aromatic heterocycles. The number of aromatic nitrogens is 2. The van der Waals surface area contributed by atoms with Gasteiger partial charge in [0.25, 0.3) is 0 Å². The Morgan fingerprint density at radius 3 is 2.60 bits per heavy atom. The number of carbonyl (C=O) groups excluding carboxylic acids is 1. The van der Waals surface area contributed by atoms with Crippen LogP contribution in [-0.4, -0.2) is 96.4 Å². The number of hydrogen-bond acceptors (Lipinski definition) is 8. The molecule has 10 nitrogen and oxygen atoms in total. The summed E-state index contributed by atoms with van der Waals surface area (Å²) in [6.45, 7) is 5.50. The van der Waals surface area contributed by atoms with E-state index >= 15 is 0 Å². The topological polar surface area (TPSA) is 98.5 Å². The lowest BCUT2D eigenvalue weighted by Gasteiger charge is -2.33. The van der Waals surface area contributed by atoms with Crippen molar-refractivity contribution < 1.29 is 28.8 Å². The highest BCUT2D eigenvalue weighted by Gasteiger charge is 2.37. The number of amides is 1. The van der Waals surface area contributed by atoms with Gasteiger partial charge in [0, 0.05) is 52.5 Å². The van der Waals surface area contributed by atoms with E-state index in [9.17, 15) is 9.90 Å². The van der Waals surface area contributed by atoms with Gasteiger partial charge in [-0.1, -0.05) is 24.3 Å². The third-order valence-corrected chi connectivity index (χ3v) is 6.75. The molecule has 1 amide bonds. The number of para-hydroxylation sites is 1. The van der Waals surface area contributed by atoms with Crippen molar-refractivity contribution in [1.29, 1.82) is 0 Å². The van der Waals surface area contributed by atoms with Crippen molar-refractivity contribution in [1.82, 2.24) is 19.6 Å². The normalized spacial score (nSPS) is 17.9. The molecule has 0 aliphatic carbocycles. The van der Waals surface area contributed by atoms with Crippen LogP contribution < -0.4 is 14.2 Å². The smallest absolute Gasteiger partial charge is 0.248 e. The summed E-state index contributed by atoms with van der Waals surface area (Å²) in [4.78, 5) is 16.5. The number of aryl methyl sites for hydroxylation is 2. The van der Waals surface area contributed by atoms with Gasteiger partial charge >= 0.3 is 0 Å². The number of rotatable bonds is 13. The second-order valence-electron chi connectivity index (χ2n) is 10.3. The number of benzene rings is 2. The Morgan fingerprint density at radius 2 is 1.88 bits per heavy atom. The number of ether oxygens (including phenoxy) is 4. The van der Waals surface area contributed by atoms with Crippen LogP contribution in [0.1, 0.15) is 17.5 Å². The molecule has 1 atom stereocenters. The molecule has 0 spiro atoms. The summed E-state index contributed by atoms with van der Waals surface area (Å²) >= 11 is 0. The van der Waals surface area contributed by atoms with E-state index in [2.05, 4.69) is 10.00 Å². The second kappa shape index (κ2) is 14.2. The highest BCUT2D eigenvalue weighted by atomic mass is 16.5. The zero-order valence-corrected chi connectivity index (χ0v) is 23.6. The molecule has 1 N–H and O–H groups in total. The van der Waals surface area contributed by atoms with E-state index in [-0.39, 0.29) is 25.7 Å². The maximum Gasteiger partial charge on any atom is 0.248 e. The highest BCUT2D eigenvalue weighted by molar-refractivity contribution is 5.77. The molecule has 2 aromatic carbocycles. The molecule has 1 aliphatic rings. The number of hydrogen-bond donors (Lipinski definition) is 1. The third kappa shape index (κ3) is 8.45. The van der Waals surface area contributed by atoms with Crippen LogP contribution in [0.2, 0.25) is 0 Å². The van der Waals surface area contributed by atoms with Crippen LogP contribution in [0.15, 0.2) is 60.9 Å². The van der Waals surface area contributed by atoms with Crippen LogP contribution >= 0.6 is 0 Å². The van der Waals surface area contributed by atoms with Gasteiger partial charge in [0.15, 0.2) is 11.5 Å². The van der Waals surface area contributed by atoms with Gasteiger partial charge < -0.3 is 29.0 Å². The van der Waals surface area contributed by atoms with Crippen molar-refractivity contribution in [2.75, 3.05) is 60.2 Å². The van der Waals surface area contributed by atoms with Gasteiger partial charge in [-0.05, 0) is 42.3 Å². The van der Waals surface area contributed by atoms with Crippen LogP contribution in [0, 0.1) is 6.92 Å². The van der Waals surface area contributed by atoms with E-state index < -0.39 is 5.60 Å². The van der Waals surface area contributed by atoms with Crippen LogP contribution in [0.4, 0.5) is 0 Å². The van der Waals surface area contributed by atoms with Crippen LogP contribution in [-0.2, 0) is 22.6 Å². The Morgan fingerprint density at radius 1 is 1.05 bits per heavy atom. The van der Waals surface area contributed by atoms with Gasteiger partial charge in [-0.25, -0.2) is 0 Å². The average Bonchev–Trinajstić information content (AvgIpc) is 3.29. The van der Waals surface area contributed by atoms with Crippen LogP contribution in [0.3, 0.4) is 0 Å². The molecular formula is C30H40N4O6. The molecule has 216 valence electrons. The molecule has 1 fully saturated rings. The van der Waals surface area contributed by atoms with Gasteiger partial charge in [-0.3, -0.25) is 14.4 Å². The maximum absolute atomic E-state index is 12.7. The molecule has 0 saturated carbocycles. The molecule has 0 unspecified atom stereocenters. The zero-order valence-electron chi connectivity index (χ0n) is 23.6. The first-order valence-corrected chi connectivity index (χ1v) is 13.6. The second-order valence-corrected chi connectivity index (χ2v) is 10.3. The van der Waals surface area contributed by atoms with Crippen molar-refractivity contribution in [2.24, 2.45) is 0 Å². The lowest BCUT2D eigenvalue weighted by molar-refractivity contribution is -0.138. The molecule has 3 aromatic rings. The fourth-order valence-electron chi connectivity index (χ4n) is 4.82. The number of aliphatic hydroxyl groups is 1. The SMILES string of the molecule is COCC(=O)N1CCN(Cc2ccc(OCCCn3cc(C)cn3)c(OC)c2)C[C@](O)(COc2ccccc2)C1. The lowest BCUT2D eigenvalue weighted by Crippen LogP contribution is -2.52. The Bertz CT molecular complexity index is 1220. The lowest BCUT2D eigenvalue weighted by atomic mass is 10.0. The predicted octanol–water partition coefficient (Wildman–Crippen LogP) is 2.77. The average molecular weight is 553 g/mol. The first-order valence-electron chi connectivity index (χ1n) is 13.6. The Kier molecular flexibility index (Phi) is 10.4. The van der Waals surface area contributed by atoms with Crippen molar-refractivity contribution in [2.45, 2.75) is 32.0 Å². The minimum absolute atomic E-state index is 0.0319. The number of carbonyl (C=O) groups is 1. The molecule has 1 aliphatic heterocycles. The predicted molar refractivity (Wildman–Crippen MR) is 151 cm³/mol. The summed E-state index contributed by atoms with van der Waals surface area (Å²) in [6, 6.07) is 15.3. The van der Waals surface area contributed by atoms with E-state index in [1.54, 1.807) is 12.0 Å². The Hall–Kier alpha value is -3.60. The fraction of sp³-hybridized carbons (Fsp3) is 0.467. The summed E-state index contributed by atoms with van der Waals surface area (Å²) in [5.41, 5.74) is 0.883. The van der Waals surface area contributed by atoms with E-state index in [0.29, 0.717) is 50.0 Å². The third-order valence-electron chi connectivity index (χ3n) is 6.75. The number of methoxy groups -OCH3 is 2. The van der Waals surface area contributed by atoms with Gasteiger partial charge in [0.1, 0.15) is 24.6 Å². The maximum atomic E-state index is 12.7. The quantitative estimate of drug-likeness (QED) is 0.324. The molecule has 10 heteroatoms. The monoisotopic (exact) mass is 552 g/mol. The summed E-state index contributed by atoms with van der Waals surface area (Å²) in [7, 11) is 3.12. The molecule has 0 radical (unpaired) electrons. The van der Waals surface area contributed by atoms with Crippen molar-refractivity contribution in [3.8, 4) is 17.2 Å². The summed E-state index contributed by atoms with van der Waals surface area (Å²) in [5, 5.41) is 16.0. The Labute approximate surface area is 236 Å². The van der Waals surface area contributed by atoms with Crippen LogP contribution in [0.25, 0.3) is 0 Å². The molecule has 40 heavy (non-hydrogen) atoms.